The van der Waals surface area contributed by atoms with Crippen LogP contribution in [-0.4, -0.2) is 55.2 Å². The van der Waals surface area contributed by atoms with E-state index >= 15 is 0 Å². The summed E-state index contributed by atoms with van der Waals surface area (Å²) in [7, 11) is -2.67. The van der Waals surface area contributed by atoms with Crippen molar-refractivity contribution < 1.29 is 71.5 Å². The quantitative estimate of drug-likeness (QED) is 0.235. The van der Waals surface area contributed by atoms with Gasteiger partial charge in [-0.1, -0.05) is 0 Å². The number of rotatable bonds is 0. The summed E-state index contributed by atoms with van der Waals surface area (Å²) < 4.78 is 0. The smallest absolute Gasteiger partial charge is 0.871 e. The van der Waals surface area contributed by atoms with Crippen molar-refractivity contribution in [3.8, 4) is 0 Å². The number of hydrogen-bond donors (Lipinski definition) is 1. The van der Waals surface area contributed by atoms with Gasteiger partial charge in [-0.3, -0.25) is 0 Å². The van der Waals surface area contributed by atoms with Crippen molar-refractivity contribution in [1.29, 1.82) is 0 Å². The molecular weight excluding hydrogens is 200 g/mol. The zero-order valence-corrected chi connectivity index (χ0v) is 10.6. The molecule has 0 radical (unpaired) electrons. The Morgan fingerprint density at radius 1 is 1.30 bits per heavy atom. The first-order valence-corrected chi connectivity index (χ1v) is 1.28. The second-order valence-electron chi connectivity index (χ2n) is 0.531. The minimum absolute atomic E-state index is 0. The van der Waals surface area contributed by atoms with Crippen LogP contribution < -0.4 is 61.4 Å². The summed E-state index contributed by atoms with van der Waals surface area (Å²) in [5, 5.41) is 38.8. The summed E-state index contributed by atoms with van der Waals surface area (Å²) in [4.78, 5) is 8.25. The van der Waals surface area contributed by atoms with Crippen molar-refractivity contribution in [2.24, 2.45) is 0 Å². The first kappa shape index (κ1) is 22.7. The predicted molar refractivity (Wildman–Crippen MR) is 24.1 cm³/mol. The van der Waals surface area contributed by atoms with Gasteiger partial charge < -0.3 is 30.4 Å². The fourth-order valence-electron chi connectivity index (χ4n) is 0. The van der Waals surface area contributed by atoms with Gasteiger partial charge in [0.25, 0.3) is 0 Å². The largest absolute Gasteiger partial charge is 2.00 e. The van der Waals surface area contributed by atoms with Gasteiger partial charge in [0.2, 0.25) is 0 Å². The molecule has 0 fully saturated rings. The Labute approximate surface area is 129 Å². The summed E-state index contributed by atoms with van der Waals surface area (Å²) >= 11 is 0. The molecule has 1 N–H and O–H groups in total. The SMILES string of the molecule is O=[N+]([O-])[O-].[Ca+2].[K+].[O-]B([O-])O. The van der Waals surface area contributed by atoms with Gasteiger partial charge in [0.1, 0.15) is 0 Å². The van der Waals surface area contributed by atoms with Gasteiger partial charge in [-0.25, -0.2) is 0 Å². The van der Waals surface area contributed by atoms with E-state index in [2.05, 4.69) is 0 Å². The fourth-order valence-corrected chi connectivity index (χ4v) is 0. The van der Waals surface area contributed by atoms with E-state index in [4.69, 9.17) is 30.4 Å². The van der Waals surface area contributed by atoms with Crippen molar-refractivity contribution in [2.45, 2.75) is 0 Å². The molecule has 0 bridgehead atoms. The van der Waals surface area contributed by atoms with E-state index in [1.54, 1.807) is 0 Å². The third kappa shape index (κ3) is 197. The number of nitrogens with zero attached hydrogens (tertiary/aromatic N) is 1. The van der Waals surface area contributed by atoms with Crippen LogP contribution in [0.5, 0.6) is 0 Å². The maximum atomic E-state index is 8.53. The molecule has 0 spiro atoms. The Hall–Kier alpha value is 2.04. The maximum absolute atomic E-state index is 8.53. The second kappa shape index (κ2) is 17.2. The summed E-state index contributed by atoms with van der Waals surface area (Å²) in [6.07, 6.45) is 0. The zero-order valence-electron chi connectivity index (χ0n) is 5.22. The molecule has 0 rings (SSSR count). The van der Waals surface area contributed by atoms with Gasteiger partial charge in [-0.2, -0.15) is 0 Å². The van der Waals surface area contributed by atoms with Crippen LogP contribution in [0.1, 0.15) is 0 Å². The van der Waals surface area contributed by atoms with Gasteiger partial charge in [-0.05, 0) is 0 Å². The summed E-state index contributed by atoms with van der Waals surface area (Å²) in [5.41, 5.74) is 0. The van der Waals surface area contributed by atoms with Crippen molar-refractivity contribution in [1.82, 2.24) is 0 Å². The third-order valence-electron chi connectivity index (χ3n) is 0. The molecule has 0 aromatic rings. The van der Waals surface area contributed by atoms with Crippen LogP contribution in [0.2, 0.25) is 0 Å². The Bertz CT molecular complexity index is 62.0. The average molecular weight is 201 g/mol. The Kier molecular flexibility index (Phi) is 39.1. The van der Waals surface area contributed by atoms with E-state index in [0.29, 0.717) is 0 Å². The summed E-state index contributed by atoms with van der Waals surface area (Å²) in [6, 6.07) is 0. The molecule has 10 heteroatoms. The van der Waals surface area contributed by atoms with Gasteiger partial charge in [0, 0.05) is 0 Å². The molecule has 10 heavy (non-hydrogen) atoms. The van der Waals surface area contributed by atoms with Crippen LogP contribution >= 0.6 is 0 Å². The molecule has 0 heterocycles. The molecule has 0 aliphatic heterocycles. The van der Waals surface area contributed by atoms with E-state index in [1.807, 2.05) is 0 Å². The number of hydrogen-bond acceptors (Lipinski definition) is 6. The van der Waals surface area contributed by atoms with Gasteiger partial charge in [0.15, 0.2) is 0 Å². The summed E-state index contributed by atoms with van der Waals surface area (Å²) in [6.45, 7) is 0. The van der Waals surface area contributed by atoms with Crippen LogP contribution in [0.25, 0.3) is 0 Å². The minimum atomic E-state index is -2.67. The first-order valence-electron chi connectivity index (χ1n) is 1.28. The molecular formula is HBCaKNO6. The fraction of sp³-hybridized carbons (Fsp3) is 0. The average Bonchev–Trinajstić information content (AvgIpc) is 1.25. The molecule has 0 saturated carbocycles. The van der Waals surface area contributed by atoms with Crippen LogP contribution in [0.4, 0.5) is 0 Å². The Balaban J connectivity index is -0.0000000300. The van der Waals surface area contributed by atoms with E-state index in [-0.39, 0.29) is 89.1 Å². The Morgan fingerprint density at radius 3 is 1.30 bits per heavy atom. The third-order valence-corrected chi connectivity index (χ3v) is 0. The van der Waals surface area contributed by atoms with Gasteiger partial charge >= 0.3 is 89.1 Å². The van der Waals surface area contributed by atoms with Crippen molar-refractivity contribution in [2.75, 3.05) is 0 Å². The first-order chi connectivity index (χ1) is 3.46. The van der Waals surface area contributed by atoms with Crippen LogP contribution in [-0.2, 0) is 0 Å². The second-order valence-corrected chi connectivity index (χ2v) is 0.531. The predicted octanol–water partition coefficient (Wildman–Crippen LogP) is -6.93. The summed E-state index contributed by atoms with van der Waals surface area (Å²) in [5.74, 6) is 0. The van der Waals surface area contributed by atoms with Crippen LogP contribution in [0, 0.1) is 15.3 Å². The molecule has 0 saturated heterocycles. The van der Waals surface area contributed by atoms with Crippen molar-refractivity contribution >= 4 is 45.1 Å². The molecule has 0 aliphatic rings. The van der Waals surface area contributed by atoms with Crippen LogP contribution in [0.15, 0.2) is 0 Å². The molecule has 7 nitrogen and oxygen atoms in total. The zero-order chi connectivity index (χ0) is 7.15. The van der Waals surface area contributed by atoms with Crippen LogP contribution in [0.3, 0.4) is 0 Å². The molecule has 0 aliphatic carbocycles. The van der Waals surface area contributed by atoms with Gasteiger partial charge in [-0.15, -0.1) is 0 Å². The molecule has 0 aromatic carbocycles. The molecule has 0 atom stereocenters. The standard InChI is InChI=1S/BHO3.Ca.K.NO3/c2-1(3)4;;;2-1(3)4/h2H;;;/q-2;+2;+1;-1. The molecule has 48 valence electrons. The minimum Gasteiger partial charge on any atom is -0.871 e. The Morgan fingerprint density at radius 2 is 1.30 bits per heavy atom. The molecule has 0 aromatic heterocycles. The van der Waals surface area contributed by atoms with E-state index in [9.17, 15) is 0 Å². The molecule has 0 unspecified atom stereocenters. The monoisotopic (exact) mass is 201 g/mol. The van der Waals surface area contributed by atoms with E-state index < -0.39 is 12.4 Å². The maximum Gasteiger partial charge on any atom is 2.00 e. The van der Waals surface area contributed by atoms with E-state index in [0.717, 1.165) is 0 Å². The topological polar surface area (TPSA) is 133 Å². The van der Waals surface area contributed by atoms with Crippen molar-refractivity contribution in [3.63, 3.8) is 0 Å². The van der Waals surface area contributed by atoms with Gasteiger partial charge in [0.05, 0.1) is 12.4 Å². The normalized spacial score (nSPS) is 5.10. The van der Waals surface area contributed by atoms with E-state index in [1.165, 1.54) is 0 Å². The molecule has 0 amide bonds. The van der Waals surface area contributed by atoms with Crippen molar-refractivity contribution in [3.05, 3.63) is 15.3 Å².